The highest BCUT2D eigenvalue weighted by molar-refractivity contribution is 6.31. The van der Waals surface area contributed by atoms with Crippen molar-refractivity contribution < 1.29 is 28.1 Å². The minimum atomic E-state index is -4.81. The van der Waals surface area contributed by atoms with E-state index in [2.05, 4.69) is 10.1 Å². The first-order chi connectivity index (χ1) is 9.24. The Morgan fingerprint density at radius 2 is 2.00 bits per heavy atom. The summed E-state index contributed by atoms with van der Waals surface area (Å²) in [5, 5.41) is 22.3. The van der Waals surface area contributed by atoms with Crippen LogP contribution in [0.15, 0.2) is 18.2 Å². The Morgan fingerprint density at radius 1 is 1.35 bits per heavy atom. The van der Waals surface area contributed by atoms with Gasteiger partial charge in [0, 0.05) is 5.56 Å². The van der Waals surface area contributed by atoms with E-state index in [1.54, 1.807) is 7.05 Å². The van der Waals surface area contributed by atoms with Gasteiger partial charge in [0.05, 0.1) is 11.1 Å². The molecule has 0 heterocycles. The number of ether oxygens (including phenoxy) is 1. The molecule has 0 aliphatic carbocycles. The van der Waals surface area contributed by atoms with Crippen molar-refractivity contribution in [3.8, 4) is 5.75 Å². The summed E-state index contributed by atoms with van der Waals surface area (Å²) in [6.45, 7) is 0.477. The molecule has 0 aliphatic heterocycles. The zero-order valence-electron chi connectivity index (χ0n) is 10.6. The van der Waals surface area contributed by atoms with Crippen molar-refractivity contribution in [1.82, 2.24) is 5.32 Å². The second-order valence-corrected chi connectivity index (χ2v) is 4.54. The fraction of sp³-hybridized carbons (Fsp3) is 0.500. The molecule has 1 aromatic carbocycles. The lowest BCUT2D eigenvalue weighted by molar-refractivity contribution is -0.274. The Kier molecular flexibility index (Phi) is 6.07. The monoisotopic (exact) mass is 313 g/mol. The number of rotatable bonds is 6. The largest absolute Gasteiger partial charge is 0.573 e. The van der Waals surface area contributed by atoms with Gasteiger partial charge in [-0.2, -0.15) is 0 Å². The molecular formula is C12H15ClF3NO3. The van der Waals surface area contributed by atoms with Crippen LogP contribution in [0.1, 0.15) is 18.1 Å². The van der Waals surface area contributed by atoms with Gasteiger partial charge in [0.25, 0.3) is 0 Å². The molecule has 0 amide bonds. The van der Waals surface area contributed by atoms with Crippen molar-refractivity contribution in [1.29, 1.82) is 0 Å². The third-order valence-corrected chi connectivity index (χ3v) is 2.91. The summed E-state index contributed by atoms with van der Waals surface area (Å²) in [6.07, 6.45) is -6.89. The highest BCUT2D eigenvalue weighted by Gasteiger charge is 2.31. The van der Waals surface area contributed by atoms with Crippen molar-refractivity contribution in [2.45, 2.75) is 25.0 Å². The maximum absolute atomic E-state index is 12.0. The van der Waals surface area contributed by atoms with E-state index in [0.717, 1.165) is 12.1 Å². The summed E-state index contributed by atoms with van der Waals surface area (Å²) in [5.74, 6) is -0.483. The molecule has 0 fully saturated rings. The second-order valence-electron chi connectivity index (χ2n) is 4.14. The van der Waals surface area contributed by atoms with E-state index in [1.807, 2.05) is 0 Å². The summed E-state index contributed by atoms with van der Waals surface area (Å²) in [5.41, 5.74) is 0.143. The molecule has 1 rings (SSSR count). The number of nitrogens with one attached hydrogen (secondary N) is 1. The van der Waals surface area contributed by atoms with E-state index < -0.39 is 24.3 Å². The third-order valence-electron chi connectivity index (χ3n) is 2.58. The van der Waals surface area contributed by atoms with Gasteiger partial charge in [-0.1, -0.05) is 17.7 Å². The molecule has 0 radical (unpaired) electrons. The van der Waals surface area contributed by atoms with E-state index in [1.165, 1.54) is 6.07 Å². The lowest BCUT2D eigenvalue weighted by Gasteiger charge is -2.19. The van der Waals surface area contributed by atoms with Gasteiger partial charge in [0.1, 0.15) is 11.9 Å². The number of benzene rings is 1. The van der Waals surface area contributed by atoms with Crippen LogP contribution in [0.2, 0.25) is 5.02 Å². The van der Waals surface area contributed by atoms with Gasteiger partial charge in [0.15, 0.2) is 0 Å². The van der Waals surface area contributed by atoms with E-state index in [4.69, 9.17) is 11.6 Å². The molecule has 3 N–H and O–H groups in total. The molecule has 2 atom stereocenters. The normalized spacial score (nSPS) is 14.9. The number of halogens is 4. The summed E-state index contributed by atoms with van der Waals surface area (Å²) >= 11 is 5.80. The Balaban J connectivity index is 2.82. The lowest BCUT2D eigenvalue weighted by Crippen LogP contribution is -2.23. The molecule has 0 spiro atoms. The first-order valence-corrected chi connectivity index (χ1v) is 6.18. The lowest BCUT2D eigenvalue weighted by atomic mass is 10.0. The second kappa shape index (κ2) is 7.12. The number of hydrogen-bond donors (Lipinski definition) is 3. The fourth-order valence-electron chi connectivity index (χ4n) is 1.60. The topological polar surface area (TPSA) is 61.7 Å². The molecule has 4 nitrogen and oxygen atoms in total. The standard InChI is InChI=1S/C12H15ClF3NO3/c1-17-5-4-10(18)11(19)8-3-2-7(6-9(8)13)20-12(14,15)16/h2-3,6,10-11,17-19H,4-5H2,1H3. The molecule has 1 aromatic rings. The molecule has 20 heavy (non-hydrogen) atoms. The van der Waals surface area contributed by atoms with Crippen LogP contribution in [0.5, 0.6) is 5.75 Å². The predicted molar refractivity (Wildman–Crippen MR) is 67.6 cm³/mol. The van der Waals surface area contributed by atoms with Gasteiger partial charge in [-0.3, -0.25) is 0 Å². The van der Waals surface area contributed by atoms with Crippen LogP contribution in [0.4, 0.5) is 13.2 Å². The number of alkyl halides is 3. The van der Waals surface area contributed by atoms with Crippen LogP contribution in [-0.4, -0.2) is 36.3 Å². The third kappa shape index (κ3) is 5.16. The van der Waals surface area contributed by atoms with Crippen LogP contribution >= 0.6 is 11.6 Å². The number of aliphatic hydroxyl groups excluding tert-OH is 2. The fourth-order valence-corrected chi connectivity index (χ4v) is 1.88. The van der Waals surface area contributed by atoms with Crippen LogP contribution in [0.25, 0.3) is 0 Å². The molecule has 0 aromatic heterocycles. The van der Waals surface area contributed by atoms with Crippen molar-refractivity contribution >= 4 is 11.6 Å². The summed E-state index contributed by atoms with van der Waals surface area (Å²) in [7, 11) is 1.69. The van der Waals surface area contributed by atoms with Crippen molar-refractivity contribution in [2.75, 3.05) is 13.6 Å². The van der Waals surface area contributed by atoms with Crippen molar-refractivity contribution in [3.05, 3.63) is 28.8 Å². The minimum Gasteiger partial charge on any atom is -0.406 e. The Bertz CT molecular complexity index is 442. The zero-order valence-corrected chi connectivity index (χ0v) is 11.4. The van der Waals surface area contributed by atoms with Gasteiger partial charge < -0.3 is 20.3 Å². The Labute approximate surface area is 119 Å². The first kappa shape index (κ1) is 17.0. The molecule has 0 aliphatic rings. The van der Waals surface area contributed by atoms with Crippen LogP contribution in [0, 0.1) is 0 Å². The number of hydrogen-bond acceptors (Lipinski definition) is 4. The molecule has 0 saturated heterocycles. The van der Waals surface area contributed by atoms with Gasteiger partial charge >= 0.3 is 6.36 Å². The van der Waals surface area contributed by atoms with Crippen LogP contribution in [0.3, 0.4) is 0 Å². The van der Waals surface area contributed by atoms with Crippen molar-refractivity contribution in [2.24, 2.45) is 0 Å². The summed E-state index contributed by atoms with van der Waals surface area (Å²) in [6, 6.07) is 3.16. The van der Waals surface area contributed by atoms with E-state index >= 15 is 0 Å². The van der Waals surface area contributed by atoms with Crippen molar-refractivity contribution in [3.63, 3.8) is 0 Å². The smallest absolute Gasteiger partial charge is 0.406 e. The number of aliphatic hydroxyl groups is 2. The predicted octanol–water partition coefficient (Wildman–Crippen LogP) is 2.24. The molecular weight excluding hydrogens is 299 g/mol. The van der Waals surface area contributed by atoms with Crippen LogP contribution in [-0.2, 0) is 0 Å². The average Bonchev–Trinajstić information content (AvgIpc) is 2.33. The molecule has 0 bridgehead atoms. The quantitative estimate of drug-likeness (QED) is 0.754. The molecule has 2 unspecified atom stereocenters. The highest BCUT2D eigenvalue weighted by atomic mass is 35.5. The molecule has 8 heteroatoms. The van der Waals surface area contributed by atoms with Gasteiger partial charge in [-0.05, 0) is 32.1 Å². The SMILES string of the molecule is CNCCC(O)C(O)c1ccc(OC(F)(F)F)cc1Cl. The van der Waals surface area contributed by atoms with Gasteiger partial charge in [0.2, 0.25) is 0 Å². The minimum absolute atomic E-state index is 0.109. The zero-order chi connectivity index (χ0) is 15.3. The Morgan fingerprint density at radius 3 is 2.50 bits per heavy atom. The maximum atomic E-state index is 12.0. The van der Waals surface area contributed by atoms with Crippen LogP contribution < -0.4 is 10.1 Å². The highest BCUT2D eigenvalue weighted by Crippen LogP contribution is 2.32. The Hall–Kier alpha value is -1.02. The van der Waals surface area contributed by atoms with Gasteiger partial charge in [-0.25, -0.2) is 0 Å². The molecule has 114 valence electrons. The maximum Gasteiger partial charge on any atom is 0.573 e. The van der Waals surface area contributed by atoms with Gasteiger partial charge in [-0.15, -0.1) is 13.2 Å². The first-order valence-electron chi connectivity index (χ1n) is 5.80. The summed E-state index contributed by atoms with van der Waals surface area (Å²) in [4.78, 5) is 0. The molecule has 0 saturated carbocycles. The average molecular weight is 314 g/mol. The van der Waals surface area contributed by atoms with E-state index in [9.17, 15) is 23.4 Å². The van der Waals surface area contributed by atoms with E-state index in [0.29, 0.717) is 6.54 Å². The summed E-state index contributed by atoms with van der Waals surface area (Å²) < 4.78 is 39.8. The van der Waals surface area contributed by atoms with E-state index in [-0.39, 0.29) is 17.0 Å².